The van der Waals surface area contributed by atoms with Crippen molar-refractivity contribution in [1.29, 1.82) is 0 Å². The van der Waals surface area contributed by atoms with E-state index in [4.69, 9.17) is 19.9 Å². The number of carbonyl (C=O) groups is 1. The summed E-state index contributed by atoms with van der Waals surface area (Å²) in [5, 5.41) is 0. The minimum atomic E-state index is -0.320. The van der Waals surface area contributed by atoms with Gasteiger partial charge in [-0.15, -0.1) is 12.4 Å². The van der Waals surface area contributed by atoms with Crippen LogP contribution >= 0.6 is 12.4 Å². The summed E-state index contributed by atoms with van der Waals surface area (Å²) in [6.45, 7) is 2.78. The third-order valence-corrected chi connectivity index (χ3v) is 3.45. The topological polar surface area (TPSA) is 74.0 Å². The molecule has 0 aromatic carbocycles. The van der Waals surface area contributed by atoms with Crippen LogP contribution < -0.4 is 5.73 Å². The van der Waals surface area contributed by atoms with Gasteiger partial charge < -0.3 is 24.8 Å². The van der Waals surface area contributed by atoms with E-state index in [1.165, 1.54) is 0 Å². The number of hydrogen-bond donors (Lipinski definition) is 1. The van der Waals surface area contributed by atoms with Crippen molar-refractivity contribution in [2.75, 3.05) is 40.0 Å². The fraction of sp³-hybridized carbons (Fsp3) is 0.917. The van der Waals surface area contributed by atoms with Crippen LogP contribution in [0.2, 0.25) is 0 Å². The SMILES string of the molecule is COCC1CN(C(=O)[C@@H]2CC[C@H](CN)O2)CCO1.Cl. The molecule has 0 aliphatic carbocycles. The summed E-state index contributed by atoms with van der Waals surface area (Å²) in [6, 6.07) is 0. The van der Waals surface area contributed by atoms with Crippen LogP contribution in [0.25, 0.3) is 0 Å². The van der Waals surface area contributed by atoms with E-state index in [2.05, 4.69) is 0 Å². The second-order valence-corrected chi connectivity index (χ2v) is 4.79. The highest BCUT2D eigenvalue weighted by molar-refractivity contribution is 5.85. The summed E-state index contributed by atoms with van der Waals surface area (Å²) < 4.78 is 16.2. The van der Waals surface area contributed by atoms with Crippen LogP contribution in [0.4, 0.5) is 0 Å². The van der Waals surface area contributed by atoms with Crippen molar-refractivity contribution in [1.82, 2.24) is 4.90 Å². The summed E-state index contributed by atoms with van der Waals surface area (Å²) in [4.78, 5) is 14.1. The highest BCUT2D eigenvalue weighted by atomic mass is 35.5. The molecule has 2 rings (SSSR count). The van der Waals surface area contributed by atoms with E-state index in [1.54, 1.807) is 7.11 Å². The molecule has 2 N–H and O–H groups in total. The van der Waals surface area contributed by atoms with Crippen LogP contribution in [-0.4, -0.2) is 69.1 Å². The van der Waals surface area contributed by atoms with Crippen molar-refractivity contribution in [3.05, 3.63) is 0 Å². The Morgan fingerprint density at radius 2 is 2.21 bits per heavy atom. The van der Waals surface area contributed by atoms with Gasteiger partial charge in [-0.05, 0) is 12.8 Å². The van der Waals surface area contributed by atoms with Crippen molar-refractivity contribution in [2.24, 2.45) is 5.73 Å². The number of nitrogens with two attached hydrogens (primary N) is 1. The lowest BCUT2D eigenvalue weighted by molar-refractivity contribution is -0.151. The van der Waals surface area contributed by atoms with E-state index < -0.39 is 0 Å². The monoisotopic (exact) mass is 294 g/mol. The van der Waals surface area contributed by atoms with Gasteiger partial charge in [0.25, 0.3) is 5.91 Å². The van der Waals surface area contributed by atoms with Crippen LogP contribution in [0.15, 0.2) is 0 Å². The molecule has 0 aromatic heterocycles. The molecule has 2 aliphatic rings. The molecule has 112 valence electrons. The molecule has 1 unspecified atom stereocenters. The highest BCUT2D eigenvalue weighted by Crippen LogP contribution is 2.21. The molecule has 1 amide bonds. The molecule has 19 heavy (non-hydrogen) atoms. The second kappa shape index (κ2) is 8.01. The van der Waals surface area contributed by atoms with E-state index in [0.29, 0.717) is 32.8 Å². The standard InChI is InChI=1S/C12H22N2O4.ClH/c1-16-8-10-7-14(4-5-17-10)12(15)11-3-2-9(6-13)18-11;/h9-11H,2-8,13H2,1H3;1H/t9-,10?,11+;/m1./s1. The summed E-state index contributed by atoms with van der Waals surface area (Å²) >= 11 is 0. The fourth-order valence-electron chi connectivity index (χ4n) is 2.47. The van der Waals surface area contributed by atoms with Crippen LogP contribution in [0.3, 0.4) is 0 Å². The first-order valence-corrected chi connectivity index (χ1v) is 6.49. The number of methoxy groups -OCH3 is 1. The number of halogens is 1. The molecule has 2 fully saturated rings. The zero-order valence-corrected chi connectivity index (χ0v) is 12.1. The number of carbonyl (C=O) groups excluding carboxylic acids is 1. The quantitative estimate of drug-likeness (QED) is 0.776. The van der Waals surface area contributed by atoms with Gasteiger partial charge in [0.1, 0.15) is 6.10 Å². The van der Waals surface area contributed by atoms with E-state index in [9.17, 15) is 4.79 Å². The molecule has 0 spiro atoms. The van der Waals surface area contributed by atoms with Crippen molar-refractivity contribution < 1.29 is 19.0 Å². The largest absolute Gasteiger partial charge is 0.382 e. The van der Waals surface area contributed by atoms with Gasteiger partial charge >= 0.3 is 0 Å². The third kappa shape index (κ3) is 4.29. The molecule has 0 aromatic rings. The maximum Gasteiger partial charge on any atom is 0.251 e. The first kappa shape index (κ1) is 16.7. The minimum absolute atomic E-state index is 0. The third-order valence-electron chi connectivity index (χ3n) is 3.45. The minimum Gasteiger partial charge on any atom is -0.382 e. The van der Waals surface area contributed by atoms with Gasteiger partial charge in [0, 0.05) is 26.7 Å². The smallest absolute Gasteiger partial charge is 0.251 e. The molecule has 0 radical (unpaired) electrons. The summed E-state index contributed by atoms with van der Waals surface area (Å²) in [7, 11) is 1.63. The lowest BCUT2D eigenvalue weighted by Gasteiger charge is -2.34. The lowest BCUT2D eigenvalue weighted by Crippen LogP contribution is -2.50. The fourth-order valence-corrected chi connectivity index (χ4v) is 2.47. The van der Waals surface area contributed by atoms with Gasteiger partial charge in [0.05, 0.1) is 25.4 Å². The Hall–Kier alpha value is -0.400. The Kier molecular flexibility index (Phi) is 7.02. The normalized spacial score (nSPS) is 31.1. The molecule has 3 atom stereocenters. The van der Waals surface area contributed by atoms with Gasteiger partial charge in [-0.25, -0.2) is 0 Å². The molecule has 2 aliphatic heterocycles. The van der Waals surface area contributed by atoms with E-state index in [1.807, 2.05) is 4.90 Å². The average molecular weight is 295 g/mol. The molecule has 2 saturated heterocycles. The van der Waals surface area contributed by atoms with Gasteiger partial charge in [0.2, 0.25) is 0 Å². The molecule has 2 heterocycles. The zero-order chi connectivity index (χ0) is 13.0. The summed E-state index contributed by atoms with van der Waals surface area (Å²) in [6.07, 6.45) is 1.33. The van der Waals surface area contributed by atoms with Crippen LogP contribution in [0, 0.1) is 0 Å². The van der Waals surface area contributed by atoms with Crippen molar-refractivity contribution in [3.63, 3.8) is 0 Å². The van der Waals surface area contributed by atoms with E-state index in [0.717, 1.165) is 12.8 Å². The van der Waals surface area contributed by atoms with E-state index >= 15 is 0 Å². The molecule has 7 heteroatoms. The van der Waals surface area contributed by atoms with E-state index in [-0.39, 0.29) is 36.6 Å². The Bertz CT molecular complexity index is 291. The molecular formula is C12H23ClN2O4. The zero-order valence-electron chi connectivity index (χ0n) is 11.2. The highest BCUT2D eigenvalue weighted by Gasteiger charge is 2.34. The van der Waals surface area contributed by atoms with Gasteiger partial charge in [-0.1, -0.05) is 0 Å². The maximum absolute atomic E-state index is 12.3. The molecule has 0 saturated carbocycles. The second-order valence-electron chi connectivity index (χ2n) is 4.79. The molecule has 6 nitrogen and oxygen atoms in total. The summed E-state index contributed by atoms with van der Waals surface area (Å²) in [5.74, 6) is 0.0651. The Morgan fingerprint density at radius 3 is 2.84 bits per heavy atom. The van der Waals surface area contributed by atoms with Crippen LogP contribution in [-0.2, 0) is 19.0 Å². The van der Waals surface area contributed by atoms with Crippen LogP contribution in [0.5, 0.6) is 0 Å². The van der Waals surface area contributed by atoms with Gasteiger partial charge in [0.15, 0.2) is 0 Å². The maximum atomic E-state index is 12.3. The van der Waals surface area contributed by atoms with Crippen molar-refractivity contribution in [3.8, 4) is 0 Å². The van der Waals surface area contributed by atoms with Crippen LogP contribution in [0.1, 0.15) is 12.8 Å². The lowest BCUT2D eigenvalue weighted by atomic mass is 10.1. The number of amides is 1. The first-order valence-electron chi connectivity index (χ1n) is 6.49. The Balaban J connectivity index is 0.00000180. The number of nitrogens with zero attached hydrogens (tertiary/aromatic N) is 1. The number of ether oxygens (including phenoxy) is 3. The van der Waals surface area contributed by atoms with Crippen molar-refractivity contribution in [2.45, 2.75) is 31.2 Å². The predicted molar refractivity (Wildman–Crippen MR) is 72.4 cm³/mol. The van der Waals surface area contributed by atoms with Gasteiger partial charge in [-0.3, -0.25) is 4.79 Å². The van der Waals surface area contributed by atoms with Crippen molar-refractivity contribution >= 4 is 18.3 Å². The number of hydrogen-bond acceptors (Lipinski definition) is 5. The molecule has 0 bridgehead atoms. The Labute approximate surface area is 119 Å². The number of rotatable bonds is 4. The average Bonchev–Trinajstić information content (AvgIpc) is 2.87. The summed E-state index contributed by atoms with van der Waals surface area (Å²) in [5.41, 5.74) is 5.55. The Morgan fingerprint density at radius 1 is 1.42 bits per heavy atom. The first-order chi connectivity index (χ1) is 8.74. The molecular weight excluding hydrogens is 272 g/mol. The predicted octanol–water partition coefficient (Wildman–Crippen LogP) is -0.212. The number of morpholine rings is 1. The van der Waals surface area contributed by atoms with Gasteiger partial charge in [-0.2, -0.15) is 0 Å².